The average molecular weight is 178 g/mol. The molecule has 53 valence electrons. The summed E-state index contributed by atoms with van der Waals surface area (Å²) in [5.41, 5.74) is 0. The number of hydrogen-bond donors (Lipinski definition) is 1. The maximum Gasteiger partial charge on any atom is 0.453 e. The number of nitrogens with zero attached hydrogens (tertiary/aromatic N) is 3. The minimum atomic E-state index is -0.646. The fourth-order valence-electron chi connectivity index (χ4n) is 0.287. The molecule has 1 rings (SSSR count). The summed E-state index contributed by atoms with van der Waals surface area (Å²) in [4.78, 5) is 12.3. The smallest absolute Gasteiger partial charge is 0.390 e. The van der Waals surface area contributed by atoms with E-state index in [0.29, 0.717) is 0 Å². The van der Waals surface area contributed by atoms with Crippen LogP contribution in [0.3, 0.4) is 0 Å². The fraction of sp³-hybridized carbons (Fsp3) is 0. The van der Waals surface area contributed by atoms with E-state index in [1.54, 1.807) is 0 Å². The molecule has 7 heteroatoms. The maximum absolute atomic E-state index is 9.73. The van der Waals surface area contributed by atoms with Gasteiger partial charge in [-0.25, -0.2) is 0 Å². The molecule has 0 spiro atoms. The van der Waals surface area contributed by atoms with Gasteiger partial charge in [-0.2, -0.15) is 0 Å². The zero-order valence-electron chi connectivity index (χ0n) is 4.04. The standard InChI is InChI=1S/C2H2N4O2.Cu/c7-6(8)2-3-1-4-5-2;/h1H,(H,3,4,5);. The molecule has 9 heavy (non-hydrogen) atoms. The maximum atomic E-state index is 9.73. The van der Waals surface area contributed by atoms with Crippen LogP contribution in [0.15, 0.2) is 6.33 Å². The van der Waals surface area contributed by atoms with Gasteiger partial charge in [-0.1, -0.05) is 10.1 Å². The van der Waals surface area contributed by atoms with E-state index >= 15 is 0 Å². The fourth-order valence-corrected chi connectivity index (χ4v) is 0.287. The molecule has 0 aliphatic heterocycles. The van der Waals surface area contributed by atoms with Crippen LogP contribution in [0.2, 0.25) is 0 Å². The van der Waals surface area contributed by atoms with Gasteiger partial charge in [0.1, 0.15) is 0 Å². The van der Waals surface area contributed by atoms with Crippen molar-refractivity contribution in [2.24, 2.45) is 0 Å². The van der Waals surface area contributed by atoms with Gasteiger partial charge in [0.2, 0.25) is 6.33 Å². The summed E-state index contributed by atoms with van der Waals surface area (Å²) in [6.07, 6.45) is 1.08. The Hall–Kier alpha value is -0.941. The summed E-state index contributed by atoms with van der Waals surface area (Å²) in [6.45, 7) is 0. The molecular weight excluding hydrogens is 176 g/mol. The summed E-state index contributed by atoms with van der Waals surface area (Å²) in [7, 11) is 0. The summed E-state index contributed by atoms with van der Waals surface area (Å²) in [5.74, 6) is -0.329. The molecule has 0 unspecified atom stereocenters. The van der Waals surface area contributed by atoms with Gasteiger partial charge in [0.15, 0.2) is 0 Å². The summed E-state index contributed by atoms with van der Waals surface area (Å²) in [5, 5.41) is 15.1. The molecule has 1 aromatic rings. The van der Waals surface area contributed by atoms with Crippen molar-refractivity contribution in [3.05, 3.63) is 16.4 Å². The second kappa shape index (κ2) is 3.16. The zero-order valence-corrected chi connectivity index (χ0v) is 4.98. The van der Waals surface area contributed by atoms with E-state index in [0.717, 1.165) is 6.33 Å². The van der Waals surface area contributed by atoms with Crippen LogP contribution in [0.1, 0.15) is 0 Å². The molecule has 0 amide bonds. The van der Waals surface area contributed by atoms with Gasteiger partial charge in [-0.05, 0) is 4.92 Å². The van der Waals surface area contributed by atoms with E-state index in [-0.39, 0.29) is 23.0 Å². The van der Waals surface area contributed by atoms with Crippen molar-refractivity contribution in [1.82, 2.24) is 15.2 Å². The van der Waals surface area contributed by atoms with Crippen molar-refractivity contribution in [2.75, 3.05) is 0 Å². The number of nitro groups is 1. The van der Waals surface area contributed by atoms with Gasteiger partial charge in [0, 0.05) is 17.1 Å². The molecule has 0 saturated heterocycles. The Bertz CT molecular complexity index is 184. The first-order chi connectivity index (χ1) is 3.80. The summed E-state index contributed by atoms with van der Waals surface area (Å²) in [6, 6.07) is 0. The Morgan fingerprint density at radius 1 is 1.78 bits per heavy atom. The van der Waals surface area contributed by atoms with E-state index in [1.807, 2.05) is 0 Å². The number of H-pyrrole nitrogens is 1. The van der Waals surface area contributed by atoms with E-state index in [9.17, 15) is 10.1 Å². The average Bonchev–Trinajstić information content (AvgIpc) is 2.12. The van der Waals surface area contributed by atoms with Crippen LogP contribution in [-0.4, -0.2) is 20.1 Å². The summed E-state index contributed by atoms with van der Waals surface area (Å²) < 4.78 is 0. The van der Waals surface area contributed by atoms with Gasteiger partial charge in [0.25, 0.3) is 0 Å². The van der Waals surface area contributed by atoms with Gasteiger partial charge < -0.3 is 10.1 Å². The van der Waals surface area contributed by atoms with E-state index in [2.05, 4.69) is 15.2 Å². The molecule has 6 nitrogen and oxygen atoms in total. The molecule has 1 radical (unpaired) electrons. The molecule has 0 aliphatic rings. The Balaban J connectivity index is 0.000000640. The predicted octanol–water partition coefficient (Wildman–Crippen LogP) is -0.290. The minimum Gasteiger partial charge on any atom is -0.390 e. The van der Waals surface area contributed by atoms with Crippen molar-refractivity contribution in [3.63, 3.8) is 0 Å². The third kappa shape index (κ3) is 1.79. The number of aromatic amines is 1. The topological polar surface area (TPSA) is 84.7 Å². The number of aromatic nitrogens is 3. The normalized spacial score (nSPS) is 8.00. The van der Waals surface area contributed by atoms with E-state index in [1.165, 1.54) is 0 Å². The molecule has 0 aromatic carbocycles. The largest absolute Gasteiger partial charge is 0.453 e. The van der Waals surface area contributed by atoms with Crippen molar-refractivity contribution >= 4 is 5.95 Å². The van der Waals surface area contributed by atoms with Crippen molar-refractivity contribution in [2.45, 2.75) is 0 Å². The van der Waals surface area contributed by atoms with Crippen LogP contribution < -0.4 is 0 Å². The second-order valence-corrected chi connectivity index (χ2v) is 1.07. The Morgan fingerprint density at radius 3 is 2.67 bits per heavy atom. The van der Waals surface area contributed by atoms with Crippen molar-refractivity contribution in [3.8, 4) is 0 Å². The Kier molecular flexibility index (Phi) is 2.83. The second-order valence-electron chi connectivity index (χ2n) is 1.07. The van der Waals surface area contributed by atoms with Crippen LogP contribution in [0.5, 0.6) is 0 Å². The van der Waals surface area contributed by atoms with Crippen LogP contribution in [-0.2, 0) is 17.1 Å². The predicted molar refractivity (Wildman–Crippen MR) is 23.0 cm³/mol. The van der Waals surface area contributed by atoms with Gasteiger partial charge >= 0.3 is 5.95 Å². The van der Waals surface area contributed by atoms with Gasteiger partial charge in [-0.15, -0.1) is 5.10 Å². The molecular formula is C2H2CuN4O2. The van der Waals surface area contributed by atoms with Crippen LogP contribution in [0, 0.1) is 10.1 Å². The van der Waals surface area contributed by atoms with Crippen molar-refractivity contribution in [1.29, 1.82) is 0 Å². The molecule has 0 fully saturated rings. The molecule has 0 aliphatic carbocycles. The molecule has 0 saturated carbocycles. The number of hydrogen-bond acceptors (Lipinski definition) is 4. The van der Waals surface area contributed by atoms with Gasteiger partial charge in [-0.3, -0.25) is 0 Å². The summed E-state index contributed by atoms with van der Waals surface area (Å²) >= 11 is 0. The SMILES string of the molecule is O=[N+]([O-])c1ncn[nH]1.[Cu]. The van der Waals surface area contributed by atoms with Crippen LogP contribution in [0.4, 0.5) is 5.95 Å². The minimum absolute atomic E-state index is 0. The first-order valence-corrected chi connectivity index (χ1v) is 1.80. The number of nitrogens with one attached hydrogen (secondary N) is 1. The zero-order chi connectivity index (χ0) is 5.98. The molecule has 1 heterocycles. The van der Waals surface area contributed by atoms with Crippen molar-refractivity contribution < 1.29 is 22.0 Å². The first kappa shape index (κ1) is 8.06. The van der Waals surface area contributed by atoms with Crippen LogP contribution >= 0.6 is 0 Å². The van der Waals surface area contributed by atoms with E-state index in [4.69, 9.17) is 0 Å². The number of rotatable bonds is 1. The third-order valence-corrected chi connectivity index (χ3v) is 0.575. The molecule has 1 N–H and O–H groups in total. The Morgan fingerprint density at radius 2 is 2.44 bits per heavy atom. The Labute approximate surface area is 60.3 Å². The first-order valence-electron chi connectivity index (χ1n) is 1.80. The van der Waals surface area contributed by atoms with E-state index < -0.39 is 4.92 Å². The van der Waals surface area contributed by atoms with Gasteiger partial charge in [0.05, 0.1) is 0 Å². The molecule has 0 atom stereocenters. The molecule has 1 aromatic heterocycles. The quantitative estimate of drug-likeness (QED) is 0.363. The monoisotopic (exact) mass is 177 g/mol. The molecule has 0 bridgehead atoms. The van der Waals surface area contributed by atoms with Crippen LogP contribution in [0.25, 0.3) is 0 Å². The third-order valence-electron chi connectivity index (χ3n) is 0.575.